The van der Waals surface area contributed by atoms with Gasteiger partial charge in [0.05, 0.1) is 20.8 Å². The summed E-state index contributed by atoms with van der Waals surface area (Å²) >= 11 is 17.5. The molecule has 0 aliphatic heterocycles. The molecule has 0 spiro atoms. The number of benzene rings is 1. The normalized spacial score (nSPS) is 12.1. The minimum atomic E-state index is -1.12. The average molecular weight is 340 g/mol. The zero-order chi connectivity index (χ0) is 15.4. The van der Waals surface area contributed by atoms with Crippen LogP contribution in [0.4, 0.5) is 10.5 Å². The minimum absolute atomic E-state index is 0.200. The van der Waals surface area contributed by atoms with E-state index in [9.17, 15) is 9.59 Å². The molecule has 110 valence electrons. The number of hydrogen-bond donors (Lipinski definition) is 3. The molecule has 0 aliphatic carbocycles. The first-order valence-electron chi connectivity index (χ1n) is 5.67. The molecule has 1 aromatic rings. The largest absolute Gasteiger partial charge is 0.480 e. The number of amides is 2. The Kier molecular flexibility index (Phi) is 5.92. The number of urea groups is 1. The van der Waals surface area contributed by atoms with E-state index in [2.05, 4.69) is 10.6 Å². The van der Waals surface area contributed by atoms with E-state index in [4.69, 9.17) is 39.9 Å². The highest BCUT2D eigenvalue weighted by Gasteiger charge is 2.23. The van der Waals surface area contributed by atoms with E-state index in [1.165, 1.54) is 12.1 Å². The topological polar surface area (TPSA) is 78.4 Å². The van der Waals surface area contributed by atoms with Gasteiger partial charge in [-0.2, -0.15) is 0 Å². The van der Waals surface area contributed by atoms with E-state index >= 15 is 0 Å². The number of carbonyl (C=O) groups excluding carboxylic acids is 1. The maximum absolute atomic E-state index is 11.8. The van der Waals surface area contributed by atoms with Gasteiger partial charge in [0.2, 0.25) is 0 Å². The Morgan fingerprint density at radius 1 is 1.10 bits per heavy atom. The Balaban J connectivity index is 2.81. The Labute approximate surface area is 131 Å². The maximum Gasteiger partial charge on any atom is 0.326 e. The quantitative estimate of drug-likeness (QED) is 0.728. The van der Waals surface area contributed by atoms with Crippen LogP contribution < -0.4 is 10.6 Å². The van der Waals surface area contributed by atoms with Crippen LogP contribution in [0.1, 0.15) is 13.8 Å². The van der Waals surface area contributed by atoms with Crippen LogP contribution >= 0.6 is 34.8 Å². The van der Waals surface area contributed by atoms with Crippen molar-refractivity contribution in [1.29, 1.82) is 0 Å². The van der Waals surface area contributed by atoms with E-state index in [0.29, 0.717) is 0 Å². The molecule has 0 saturated heterocycles. The lowest BCUT2D eigenvalue weighted by atomic mass is 10.1. The molecule has 20 heavy (non-hydrogen) atoms. The molecule has 1 rings (SSSR count). The van der Waals surface area contributed by atoms with Gasteiger partial charge in [-0.15, -0.1) is 0 Å². The fraction of sp³-hybridized carbons (Fsp3) is 0.333. The van der Waals surface area contributed by atoms with Crippen LogP contribution in [0, 0.1) is 5.92 Å². The van der Waals surface area contributed by atoms with E-state index in [1.807, 2.05) is 0 Å². The van der Waals surface area contributed by atoms with Crippen LogP contribution in [-0.2, 0) is 4.79 Å². The van der Waals surface area contributed by atoms with Crippen molar-refractivity contribution < 1.29 is 14.7 Å². The van der Waals surface area contributed by atoms with E-state index in [0.717, 1.165) is 0 Å². The smallest absolute Gasteiger partial charge is 0.326 e. The third-order valence-electron chi connectivity index (χ3n) is 2.48. The lowest BCUT2D eigenvalue weighted by Crippen LogP contribution is -2.46. The molecule has 0 unspecified atom stereocenters. The van der Waals surface area contributed by atoms with Gasteiger partial charge in [-0.1, -0.05) is 48.7 Å². The monoisotopic (exact) mass is 338 g/mol. The van der Waals surface area contributed by atoms with Crippen LogP contribution in [0.5, 0.6) is 0 Å². The Hall–Kier alpha value is -1.17. The second-order valence-corrected chi connectivity index (χ2v) is 5.63. The number of anilines is 1. The molecule has 0 aliphatic rings. The van der Waals surface area contributed by atoms with Crippen molar-refractivity contribution >= 4 is 52.5 Å². The summed E-state index contributed by atoms with van der Waals surface area (Å²) in [5.74, 6) is -1.38. The second-order valence-electron chi connectivity index (χ2n) is 4.40. The first-order valence-corrected chi connectivity index (χ1v) is 6.80. The van der Waals surface area contributed by atoms with Crippen LogP contribution in [0.3, 0.4) is 0 Å². The van der Waals surface area contributed by atoms with Crippen molar-refractivity contribution in [3.05, 3.63) is 27.2 Å². The predicted octanol–water partition coefficient (Wildman–Crippen LogP) is 3.88. The first-order chi connectivity index (χ1) is 9.22. The van der Waals surface area contributed by atoms with E-state index in [1.54, 1.807) is 13.8 Å². The second kappa shape index (κ2) is 7.02. The summed E-state index contributed by atoms with van der Waals surface area (Å²) in [7, 11) is 0. The van der Waals surface area contributed by atoms with Gasteiger partial charge in [0.1, 0.15) is 6.04 Å². The Morgan fingerprint density at radius 3 is 2.15 bits per heavy atom. The fourth-order valence-electron chi connectivity index (χ4n) is 1.43. The van der Waals surface area contributed by atoms with Crippen LogP contribution in [0.25, 0.3) is 0 Å². The van der Waals surface area contributed by atoms with Crippen molar-refractivity contribution in [2.45, 2.75) is 19.9 Å². The summed E-state index contributed by atoms with van der Waals surface area (Å²) in [5, 5.41) is 14.4. The van der Waals surface area contributed by atoms with Crippen LogP contribution in [-0.4, -0.2) is 23.1 Å². The predicted molar refractivity (Wildman–Crippen MR) is 79.9 cm³/mol. The molecule has 2 amide bonds. The molecule has 0 bridgehead atoms. The SMILES string of the molecule is CC(C)[C@@H](NC(=O)Nc1cc(Cl)c(Cl)cc1Cl)C(=O)O. The van der Waals surface area contributed by atoms with Crippen molar-refractivity contribution in [2.24, 2.45) is 5.92 Å². The lowest BCUT2D eigenvalue weighted by Gasteiger charge is -2.18. The molecule has 1 atom stereocenters. The molecule has 5 nitrogen and oxygen atoms in total. The number of carbonyl (C=O) groups is 2. The lowest BCUT2D eigenvalue weighted by molar-refractivity contribution is -0.140. The molecule has 0 heterocycles. The Morgan fingerprint density at radius 2 is 1.65 bits per heavy atom. The number of hydrogen-bond acceptors (Lipinski definition) is 2. The summed E-state index contributed by atoms with van der Waals surface area (Å²) in [4.78, 5) is 22.7. The van der Waals surface area contributed by atoms with Gasteiger partial charge in [0.25, 0.3) is 0 Å². The fourth-order valence-corrected chi connectivity index (χ4v) is 2.03. The van der Waals surface area contributed by atoms with Gasteiger partial charge in [-0.3, -0.25) is 0 Å². The molecular weight excluding hydrogens is 327 g/mol. The third kappa shape index (κ3) is 4.44. The van der Waals surface area contributed by atoms with Crippen LogP contribution in [0.15, 0.2) is 12.1 Å². The number of aliphatic carboxylic acids is 1. The maximum atomic E-state index is 11.8. The third-order valence-corrected chi connectivity index (χ3v) is 3.51. The van der Waals surface area contributed by atoms with Gasteiger partial charge in [0.15, 0.2) is 0 Å². The summed E-state index contributed by atoms with van der Waals surface area (Å²) in [6, 6.07) is 1.08. The highest BCUT2D eigenvalue weighted by Crippen LogP contribution is 2.32. The number of rotatable bonds is 4. The highest BCUT2D eigenvalue weighted by molar-refractivity contribution is 6.44. The molecular formula is C12H13Cl3N2O3. The van der Waals surface area contributed by atoms with Crippen molar-refractivity contribution in [3.8, 4) is 0 Å². The number of nitrogens with one attached hydrogen (secondary N) is 2. The molecule has 0 saturated carbocycles. The molecule has 0 radical (unpaired) electrons. The molecule has 0 aromatic heterocycles. The molecule has 0 fully saturated rings. The van der Waals surface area contributed by atoms with Crippen molar-refractivity contribution in [2.75, 3.05) is 5.32 Å². The minimum Gasteiger partial charge on any atom is -0.480 e. The van der Waals surface area contributed by atoms with Gasteiger partial charge in [0, 0.05) is 0 Å². The van der Waals surface area contributed by atoms with Crippen molar-refractivity contribution in [3.63, 3.8) is 0 Å². The van der Waals surface area contributed by atoms with Gasteiger partial charge in [-0.25, -0.2) is 9.59 Å². The summed E-state index contributed by atoms with van der Waals surface area (Å²) in [5.41, 5.74) is 0.242. The highest BCUT2D eigenvalue weighted by atomic mass is 35.5. The van der Waals surface area contributed by atoms with E-state index in [-0.39, 0.29) is 26.7 Å². The van der Waals surface area contributed by atoms with Gasteiger partial charge >= 0.3 is 12.0 Å². The zero-order valence-corrected chi connectivity index (χ0v) is 13.0. The van der Waals surface area contributed by atoms with Gasteiger partial charge < -0.3 is 15.7 Å². The number of carboxylic acids is 1. The Bertz CT molecular complexity index is 535. The average Bonchev–Trinajstić information content (AvgIpc) is 2.32. The molecule has 1 aromatic carbocycles. The summed E-state index contributed by atoms with van der Waals surface area (Å²) < 4.78 is 0. The van der Waals surface area contributed by atoms with Gasteiger partial charge in [-0.05, 0) is 18.1 Å². The first kappa shape index (κ1) is 16.9. The molecule has 8 heteroatoms. The summed E-state index contributed by atoms with van der Waals surface area (Å²) in [6.07, 6.45) is 0. The van der Waals surface area contributed by atoms with Crippen LogP contribution in [0.2, 0.25) is 15.1 Å². The zero-order valence-electron chi connectivity index (χ0n) is 10.7. The summed E-state index contributed by atoms with van der Waals surface area (Å²) in [6.45, 7) is 3.37. The standard InChI is InChI=1S/C12H13Cl3N2O3/c1-5(2)10(11(18)19)17-12(20)16-9-4-7(14)6(13)3-8(9)15/h3-5,10H,1-2H3,(H,18,19)(H2,16,17,20)/t10-/m1/s1. The molecule has 3 N–H and O–H groups in total. The van der Waals surface area contributed by atoms with Crippen molar-refractivity contribution in [1.82, 2.24) is 5.32 Å². The number of halogens is 3. The number of carboxylic acid groups (broad SMARTS) is 1. The van der Waals surface area contributed by atoms with E-state index < -0.39 is 18.0 Å².